The first-order valence-corrected chi connectivity index (χ1v) is 9.90. The molecule has 0 saturated carbocycles. The number of rotatable bonds is 10. The van der Waals surface area contributed by atoms with Gasteiger partial charge in [0.05, 0.1) is 0 Å². The number of nitrogens with one attached hydrogen (secondary N) is 1. The molecule has 1 N–H and O–H groups in total. The number of amides is 1. The molecular formula is C22H38N2O. The molecule has 1 amide bonds. The first-order chi connectivity index (χ1) is 11.9. The summed E-state index contributed by atoms with van der Waals surface area (Å²) in [5, 5.41) is 3.08. The number of hydrogen-bond acceptors (Lipinski definition) is 2. The third-order valence-corrected chi connectivity index (χ3v) is 4.92. The van der Waals surface area contributed by atoms with Crippen LogP contribution in [0.25, 0.3) is 0 Å². The fraction of sp³-hybridized carbons (Fsp3) is 0.682. The van der Waals surface area contributed by atoms with Gasteiger partial charge in [0.1, 0.15) is 0 Å². The summed E-state index contributed by atoms with van der Waals surface area (Å²) in [5.74, 6) is 0.0599. The maximum atomic E-state index is 12.1. The highest BCUT2D eigenvalue weighted by molar-refractivity contribution is 5.88. The van der Waals surface area contributed by atoms with Crippen molar-refractivity contribution in [2.45, 2.75) is 79.2 Å². The minimum Gasteiger partial charge on any atom is -0.351 e. The van der Waals surface area contributed by atoms with Crippen molar-refractivity contribution in [1.82, 2.24) is 10.2 Å². The predicted octanol–water partition coefficient (Wildman–Crippen LogP) is 5.01. The Morgan fingerprint density at radius 3 is 2.44 bits per heavy atom. The van der Waals surface area contributed by atoms with Crippen LogP contribution in [0.4, 0.5) is 0 Å². The van der Waals surface area contributed by atoms with Crippen LogP contribution in [0.2, 0.25) is 0 Å². The lowest BCUT2D eigenvalue weighted by molar-refractivity contribution is -0.116. The van der Waals surface area contributed by atoms with E-state index in [1.54, 1.807) is 6.08 Å². The molecule has 25 heavy (non-hydrogen) atoms. The van der Waals surface area contributed by atoms with Gasteiger partial charge in [-0.05, 0) is 79.3 Å². The lowest BCUT2D eigenvalue weighted by Gasteiger charge is -2.22. The van der Waals surface area contributed by atoms with E-state index in [4.69, 9.17) is 0 Å². The minimum atomic E-state index is 0.0599. The van der Waals surface area contributed by atoms with E-state index in [0.29, 0.717) is 6.04 Å². The number of carbonyl (C=O) groups excluding carboxylic acids is 1. The average Bonchev–Trinajstić information content (AvgIpc) is 3.00. The van der Waals surface area contributed by atoms with E-state index in [2.05, 4.69) is 57.0 Å². The number of likely N-dealkylation sites (N-methyl/N-ethyl adjacent to an activating group) is 1. The molecule has 0 bridgehead atoms. The van der Waals surface area contributed by atoms with Crippen molar-refractivity contribution < 1.29 is 4.79 Å². The third-order valence-electron chi connectivity index (χ3n) is 4.92. The molecule has 1 atom stereocenters. The van der Waals surface area contributed by atoms with Crippen molar-refractivity contribution in [2.24, 2.45) is 0 Å². The molecular weight excluding hydrogens is 308 g/mol. The van der Waals surface area contributed by atoms with Gasteiger partial charge in [0.2, 0.25) is 5.91 Å². The quantitative estimate of drug-likeness (QED) is 0.446. The molecule has 0 aromatic rings. The highest BCUT2D eigenvalue weighted by Gasteiger charge is 2.22. The summed E-state index contributed by atoms with van der Waals surface area (Å²) < 4.78 is 0. The fourth-order valence-corrected chi connectivity index (χ4v) is 3.34. The number of nitrogens with zero attached hydrogens (tertiary/aromatic N) is 1. The summed E-state index contributed by atoms with van der Waals surface area (Å²) >= 11 is 0. The normalized spacial score (nSPS) is 19.2. The number of carbonyl (C=O) groups is 1. The topological polar surface area (TPSA) is 32.3 Å². The van der Waals surface area contributed by atoms with Gasteiger partial charge in [0.15, 0.2) is 0 Å². The van der Waals surface area contributed by atoms with Crippen LogP contribution in [-0.4, -0.2) is 36.5 Å². The van der Waals surface area contributed by atoms with Gasteiger partial charge in [-0.15, -0.1) is 0 Å². The van der Waals surface area contributed by atoms with E-state index < -0.39 is 0 Å². The zero-order chi connectivity index (χ0) is 18.7. The van der Waals surface area contributed by atoms with Gasteiger partial charge in [-0.2, -0.15) is 0 Å². The summed E-state index contributed by atoms with van der Waals surface area (Å²) in [6, 6.07) is 0.522. The standard InChI is InChI=1S/C22H38N2O/c1-6-24-15-9-14-21(24)17-23-22(25)16-20(5)13-8-12-19(4)11-7-10-18(2)3/h10,12,16,21H,6-9,11,13-15,17H2,1-5H3,(H,23,25)/b19-12+,20-16+. The van der Waals surface area contributed by atoms with Crippen LogP contribution in [0.1, 0.15) is 73.1 Å². The molecule has 1 heterocycles. The van der Waals surface area contributed by atoms with Crippen LogP contribution < -0.4 is 5.32 Å². The van der Waals surface area contributed by atoms with Crippen molar-refractivity contribution in [3.8, 4) is 0 Å². The van der Waals surface area contributed by atoms with Crippen molar-refractivity contribution in [2.75, 3.05) is 19.6 Å². The number of hydrogen-bond donors (Lipinski definition) is 1. The SMILES string of the molecule is CCN1CCCC1CNC(=O)/C=C(\C)CC/C=C(\C)CCC=C(C)C. The maximum absolute atomic E-state index is 12.1. The maximum Gasteiger partial charge on any atom is 0.243 e. The molecule has 3 heteroatoms. The smallest absolute Gasteiger partial charge is 0.243 e. The number of allylic oxidation sites excluding steroid dienone is 5. The second-order valence-corrected chi connectivity index (χ2v) is 7.57. The van der Waals surface area contributed by atoms with E-state index >= 15 is 0 Å². The molecule has 1 fully saturated rings. The van der Waals surface area contributed by atoms with E-state index in [0.717, 1.165) is 44.3 Å². The predicted molar refractivity (Wildman–Crippen MR) is 109 cm³/mol. The van der Waals surface area contributed by atoms with Crippen LogP contribution in [0.15, 0.2) is 34.9 Å². The van der Waals surface area contributed by atoms with Gasteiger partial charge in [0, 0.05) is 18.7 Å². The van der Waals surface area contributed by atoms with Crippen molar-refractivity contribution in [1.29, 1.82) is 0 Å². The van der Waals surface area contributed by atoms with Crippen LogP contribution >= 0.6 is 0 Å². The molecule has 1 saturated heterocycles. The Morgan fingerprint density at radius 2 is 1.76 bits per heavy atom. The number of likely N-dealkylation sites (tertiary alicyclic amines) is 1. The highest BCUT2D eigenvalue weighted by Crippen LogP contribution is 2.15. The monoisotopic (exact) mass is 346 g/mol. The molecule has 0 spiro atoms. The summed E-state index contributed by atoms with van der Waals surface area (Å²) in [4.78, 5) is 14.5. The molecule has 0 aromatic carbocycles. The van der Waals surface area contributed by atoms with Gasteiger partial charge >= 0.3 is 0 Å². The molecule has 1 rings (SSSR count). The van der Waals surface area contributed by atoms with Crippen molar-refractivity contribution in [3.05, 3.63) is 34.9 Å². The highest BCUT2D eigenvalue weighted by atomic mass is 16.1. The summed E-state index contributed by atoms with van der Waals surface area (Å²) in [5.41, 5.74) is 3.98. The molecule has 3 nitrogen and oxygen atoms in total. The zero-order valence-electron chi connectivity index (χ0n) is 17.0. The van der Waals surface area contributed by atoms with Crippen molar-refractivity contribution >= 4 is 5.91 Å². The fourth-order valence-electron chi connectivity index (χ4n) is 3.34. The Hall–Kier alpha value is -1.35. The van der Waals surface area contributed by atoms with Crippen LogP contribution in [0.3, 0.4) is 0 Å². The van der Waals surface area contributed by atoms with Crippen molar-refractivity contribution in [3.63, 3.8) is 0 Å². The van der Waals surface area contributed by atoms with E-state index in [1.165, 1.54) is 30.5 Å². The molecule has 142 valence electrons. The second-order valence-electron chi connectivity index (χ2n) is 7.57. The molecule has 1 aliphatic rings. The van der Waals surface area contributed by atoms with Crippen LogP contribution in [0, 0.1) is 0 Å². The summed E-state index contributed by atoms with van der Waals surface area (Å²) in [7, 11) is 0. The van der Waals surface area contributed by atoms with Gasteiger partial charge in [-0.3, -0.25) is 9.69 Å². The minimum absolute atomic E-state index is 0.0599. The van der Waals surface area contributed by atoms with Crippen LogP contribution in [0.5, 0.6) is 0 Å². The van der Waals surface area contributed by atoms with Gasteiger partial charge in [-0.25, -0.2) is 0 Å². The average molecular weight is 347 g/mol. The van der Waals surface area contributed by atoms with Gasteiger partial charge in [0.25, 0.3) is 0 Å². The van der Waals surface area contributed by atoms with E-state index in [9.17, 15) is 4.79 Å². The Labute approximate surface area is 155 Å². The summed E-state index contributed by atoms with van der Waals surface area (Å²) in [6.45, 7) is 13.8. The van der Waals surface area contributed by atoms with E-state index in [1.807, 2.05) is 0 Å². The first-order valence-electron chi connectivity index (χ1n) is 9.90. The molecule has 1 unspecified atom stereocenters. The largest absolute Gasteiger partial charge is 0.351 e. The Balaban J connectivity index is 2.27. The van der Waals surface area contributed by atoms with Gasteiger partial charge < -0.3 is 5.32 Å². The van der Waals surface area contributed by atoms with Crippen LogP contribution in [-0.2, 0) is 4.79 Å². The second kappa shape index (κ2) is 12.1. The van der Waals surface area contributed by atoms with Gasteiger partial charge in [-0.1, -0.05) is 35.8 Å². The molecule has 0 aromatic heterocycles. The lowest BCUT2D eigenvalue weighted by Crippen LogP contribution is -2.39. The zero-order valence-corrected chi connectivity index (χ0v) is 17.0. The first kappa shape index (κ1) is 21.7. The Bertz CT molecular complexity index is 498. The Morgan fingerprint density at radius 1 is 1.08 bits per heavy atom. The molecule has 1 aliphatic heterocycles. The third kappa shape index (κ3) is 9.64. The summed E-state index contributed by atoms with van der Waals surface area (Å²) in [6.07, 6.45) is 13.1. The molecule has 0 aliphatic carbocycles. The Kier molecular flexibility index (Phi) is 10.5. The van der Waals surface area contributed by atoms with E-state index in [-0.39, 0.29) is 5.91 Å². The lowest BCUT2D eigenvalue weighted by atomic mass is 10.1. The molecule has 0 radical (unpaired) electrons.